The van der Waals surface area contributed by atoms with Crippen molar-refractivity contribution in [2.24, 2.45) is 0 Å². The standard InChI is InChI=1S/C10H18N4O3/c1-13(2)5-6-14-8(4-7-17-3)9(10(15)16)11-12-14/h4-7H2,1-3H3,(H,15,16). The summed E-state index contributed by atoms with van der Waals surface area (Å²) in [6, 6.07) is 0. The van der Waals surface area contributed by atoms with Gasteiger partial charge >= 0.3 is 5.97 Å². The lowest BCUT2D eigenvalue weighted by Gasteiger charge is -2.11. The van der Waals surface area contributed by atoms with Crippen molar-refractivity contribution in [2.75, 3.05) is 34.4 Å². The predicted octanol–water partition coefficient (Wildman–Crippen LogP) is -0.273. The van der Waals surface area contributed by atoms with E-state index in [9.17, 15) is 4.79 Å². The first-order valence-corrected chi connectivity index (χ1v) is 5.35. The molecule has 1 aromatic rings. The summed E-state index contributed by atoms with van der Waals surface area (Å²) in [6.07, 6.45) is 0.499. The zero-order valence-electron chi connectivity index (χ0n) is 10.4. The Hall–Kier alpha value is -1.47. The number of methoxy groups -OCH3 is 1. The van der Waals surface area contributed by atoms with Gasteiger partial charge in [0.1, 0.15) is 0 Å². The summed E-state index contributed by atoms with van der Waals surface area (Å²) in [5.74, 6) is -1.05. The summed E-state index contributed by atoms with van der Waals surface area (Å²) >= 11 is 0. The van der Waals surface area contributed by atoms with E-state index in [1.807, 2.05) is 19.0 Å². The number of hydrogen-bond donors (Lipinski definition) is 1. The third-order valence-electron chi connectivity index (χ3n) is 2.34. The van der Waals surface area contributed by atoms with E-state index in [0.717, 1.165) is 6.54 Å². The summed E-state index contributed by atoms with van der Waals surface area (Å²) in [5.41, 5.74) is 0.627. The summed E-state index contributed by atoms with van der Waals surface area (Å²) < 4.78 is 6.59. The molecule has 1 N–H and O–H groups in total. The van der Waals surface area contributed by atoms with Gasteiger partial charge in [-0.3, -0.25) is 0 Å². The number of carboxylic acid groups (broad SMARTS) is 1. The fourth-order valence-electron chi connectivity index (χ4n) is 1.42. The first-order valence-electron chi connectivity index (χ1n) is 5.35. The van der Waals surface area contributed by atoms with Gasteiger partial charge < -0.3 is 14.7 Å². The minimum Gasteiger partial charge on any atom is -0.476 e. The highest BCUT2D eigenvalue weighted by molar-refractivity contribution is 5.86. The van der Waals surface area contributed by atoms with Gasteiger partial charge in [-0.15, -0.1) is 5.10 Å². The van der Waals surface area contributed by atoms with Crippen molar-refractivity contribution in [1.82, 2.24) is 19.9 Å². The maximum Gasteiger partial charge on any atom is 0.358 e. The molecule has 1 rings (SSSR count). The van der Waals surface area contributed by atoms with Crippen molar-refractivity contribution in [1.29, 1.82) is 0 Å². The van der Waals surface area contributed by atoms with Crippen molar-refractivity contribution in [2.45, 2.75) is 13.0 Å². The Kier molecular flexibility index (Phi) is 5.05. The fraction of sp³-hybridized carbons (Fsp3) is 0.700. The molecule has 0 fully saturated rings. The number of likely N-dealkylation sites (N-methyl/N-ethyl adjacent to an activating group) is 1. The van der Waals surface area contributed by atoms with E-state index >= 15 is 0 Å². The summed E-state index contributed by atoms with van der Waals surface area (Å²) in [5, 5.41) is 16.5. The van der Waals surface area contributed by atoms with Crippen LogP contribution in [0.15, 0.2) is 0 Å². The van der Waals surface area contributed by atoms with Gasteiger partial charge in [-0.25, -0.2) is 9.48 Å². The molecule has 0 aliphatic rings. The van der Waals surface area contributed by atoms with E-state index in [2.05, 4.69) is 10.3 Å². The molecule has 7 nitrogen and oxygen atoms in total. The molecule has 0 bridgehead atoms. The van der Waals surface area contributed by atoms with Gasteiger partial charge in [0.15, 0.2) is 5.69 Å². The molecule has 0 atom stereocenters. The molecule has 0 aliphatic heterocycles. The van der Waals surface area contributed by atoms with Crippen LogP contribution in [0.5, 0.6) is 0 Å². The molecule has 96 valence electrons. The molecule has 0 unspecified atom stereocenters. The van der Waals surface area contributed by atoms with E-state index in [-0.39, 0.29) is 5.69 Å². The van der Waals surface area contributed by atoms with Crippen LogP contribution in [-0.2, 0) is 17.7 Å². The molecular weight excluding hydrogens is 224 g/mol. The molecular formula is C10H18N4O3. The number of carboxylic acids is 1. The highest BCUT2D eigenvalue weighted by Gasteiger charge is 2.18. The highest BCUT2D eigenvalue weighted by Crippen LogP contribution is 2.07. The van der Waals surface area contributed by atoms with Crippen LogP contribution in [0.25, 0.3) is 0 Å². The molecule has 0 aliphatic carbocycles. The topological polar surface area (TPSA) is 80.5 Å². The van der Waals surface area contributed by atoms with Gasteiger partial charge in [0.25, 0.3) is 0 Å². The summed E-state index contributed by atoms with van der Waals surface area (Å²) in [4.78, 5) is 13.0. The first kappa shape index (κ1) is 13.6. The van der Waals surface area contributed by atoms with Crippen LogP contribution in [0.1, 0.15) is 16.2 Å². The number of aromatic carboxylic acids is 1. The highest BCUT2D eigenvalue weighted by atomic mass is 16.5. The van der Waals surface area contributed by atoms with Crippen LogP contribution in [-0.4, -0.2) is 65.3 Å². The van der Waals surface area contributed by atoms with Crippen molar-refractivity contribution in [3.05, 3.63) is 11.4 Å². The van der Waals surface area contributed by atoms with E-state index in [1.165, 1.54) is 0 Å². The van der Waals surface area contributed by atoms with Crippen LogP contribution in [0.2, 0.25) is 0 Å². The van der Waals surface area contributed by atoms with Crippen LogP contribution in [0.3, 0.4) is 0 Å². The SMILES string of the molecule is COCCc1c(C(=O)O)nnn1CCN(C)C. The molecule has 1 heterocycles. The zero-order valence-corrected chi connectivity index (χ0v) is 10.4. The molecule has 0 aromatic carbocycles. The summed E-state index contributed by atoms with van der Waals surface area (Å²) in [6.45, 7) is 1.85. The minimum atomic E-state index is -1.05. The second kappa shape index (κ2) is 6.31. The van der Waals surface area contributed by atoms with E-state index in [0.29, 0.717) is 25.3 Å². The van der Waals surface area contributed by atoms with Gasteiger partial charge in [0.2, 0.25) is 0 Å². The Morgan fingerprint density at radius 3 is 2.76 bits per heavy atom. The van der Waals surface area contributed by atoms with Gasteiger partial charge in [-0.1, -0.05) is 5.21 Å². The third kappa shape index (κ3) is 3.79. The van der Waals surface area contributed by atoms with Gasteiger partial charge in [-0.05, 0) is 14.1 Å². The maximum absolute atomic E-state index is 11.0. The lowest BCUT2D eigenvalue weighted by molar-refractivity contribution is 0.0688. The van der Waals surface area contributed by atoms with Gasteiger partial charge in [0, 0.05) is 20.1 Å². The van der Waals surface area contributed by atoms with Gasteiger partial charge in [-0.2, -0.15) is 0 Å². The average molecular weight is 242 g/mol. The monoisotopic (exact) mass is 242 g/mol. The zero-order chi connectivity index (χ0) is 12.8. The Bertz CT molecular complexity index is 376. The quantitative estimate of drug-likeness (QED) is 0.708. The van der Waals surface area contributed by atoms with Crippen LogP contribution >= 0.6 is 0 Å². The summed E-state index contributed by atoms with van der Waals surface area (Å²) in [7, 11) is 5.47. The third-order valence-corrected chi connectivity index (χ3v) is 2.34. The van der Waals surface area contributed by atoms with Crippen LogP contribution in [0, 0.1) is 0 Å². The Balaban J connectivity index is 2.84. The number of hydrogen-bond acceptors (Lipinski definition) is 5. The lowest BCUT2D eigenvalue weighted by Crippen LogP contribution is -2.21. The largest absolute Gasteiger partial charge is 0.476 e. The molecule has 0 spiro atoms. The minimum absolute atomic E-state index is 0.0146. The first-order chi connectivity index (χ1) is 8.06. The smallest absolute Gasteiger partial charge is 0.358 e. The normalized spacial score (nSPS) is 11.1. The van der Waals surface area contributed by atoms with Crippen LogP contribution < -0.4 is 0 Å². The Labute approximate surface area is 100.0 Å². The predicted molar refractivity (Wildman–Crippen MR) is 61.1 cm³/mol. The van der Waals surface area contributed by atoms with Crippen molar-refractivity contribution in [3.8, 4) is 0 Å². The average Bonchev–Trinajstić information content (AvgIpc) is 2.66. The Morgan fingerprint density at radius 1 is 1.53 bits per heavy atom. The van der Waals surface area contributed by atoms with Crippen LogP contribution in [0.4, 0.5) is 0 Å². The van der Waals surface area contributed by atoms with Crippen molar-refractivity contribution < 1.29 is 14.6 Å². The number of ether oxygens (including phenoxy) is 1. The van der Waals surface area contributed by atoms with Gasteiger partial charge in [0.05, 0.1) is 18.8 Å². The molecule has 0 saturated heterocycles. The van der Waals surface area contributed by atoms with E-state index in [4.69, 9.17) is 9.84 Å². The van der Waals surface area contributed by atoms with Crippen molar-refractivity contribution >= 4 is 5.97 Å². The molecule has 0 saturated carbocycles. The number of rotatable bonds is 7. The fourth-order valence-corrected chi connectivity index (χ4v) is 1.42. The molecule has 0 amide bonds. The number of carbonyl (C=O) groups is 1. The van der Waals surface area contributed by atoms with E-state index < -0.39 is 5.97 Å². The molecule has 17 heavy (non-hydrogen) atoms. The lowest BCUT2D eigenvalue weighted by atomic mass is 10.2. The maximum atomic E-state index is 11.0. The van der Waals surface area contributed by atoms with Crippen molar-refractivity contribution in [3.63, 3.8) is 0 Å². The Morgan fingerprint density at radius 2 is 2.24 bits per heavy atom. The number of aromatic nitrogens is 3. The molecule has 7 heteroatoms. The molecule has 1 aromatic heterocycles. The second-order valence-electron chi connectivity index (χ2n) is 3.96. The van der Waals surface area contributed by atoms with E-state index in [1.54, 1.807) is 11.8 Å². The number of nitrogens with zero attached hydrogens (tertiary/aromatic N) is 4. The molecule has 0 radical (unpaired) electrons. The second-order valence-corrected chi connectivity index (χ2v) is 3.96.